The van der Waals surface area contributed by atoms with E-state index < -0.39 is 11.9 Å². The van der Waals surface area contributed by atoms with Crippen molar-refractivity contribution in [2.24, 2.45) is 11.3 Å². The van der Waals surface area contributed by atoms with E-state index in [9.17, 15) is 19.6 Å². The van der Waals surface area contributed by atoms with Crippen molar-refractivity contribution >= 4 is 40.8 Å². The number of amides is 1. The van der Waals surface area contributed by atoms with Crippen LogP contribution in [-0.4, -0.2) is 73.0 Å². The van der Waals surface area contributed by atoms with E-state index >= 15 is 0 Å². The number of hydrogen-bond acceptors (Lipinski definition) is 8. The fourth-order valence-electron chi connectivity index (χ4n) is 8.90. The molecule has 1 atom stereocenters. The van der Waals surface area contributed by atoms with Crippen molar-refractivity contribution in [3.05, 3.63) is 93.0 Å². The van der Waals surface area contributed by atoms with Crippen molar-refractivity contribution < 1.29 is 19.1 Å². The van der Waals surface area contributed by atoms with Gasteiger partial charge in [0.2, 0.25) is 0 Å². The van der Waals surface area contributed by atoms with Crippen molar-refractivity contribution in [3.63, 3.8) is 0 Å². The number of piperidine rings is 2. The number of anilines is 2. The predicted octanol–water partition coefficient (Wildman–Crippen LogP) is 7.30. The normalized spacial score (nSPS) is 21.2. The number of likely N-dealkylation sites (tertiary alicyclic amines) is 1. The second-order valence-electron chi connectivity index (χ2n) is 14.7. The molecule has 0 bridgehead atoms. The molecule has 0 aliphatic carbocycles. The van der Waals surface area contributed by atoms with Crippen LogP contribution in [0.1, 0.15) is 101 Å². The van der Waals surface area contributed by atoms with Gasteiger partial charge in [0.1, 0.15) is 6.07 Å². The summed E-state index contributed by atoms with van der Waals surface area (Å²) in [5.74, 6) is -0.497. The van der Waals surface area contributed by atoms with Gasteiger partial charge in [-0.3, -0.25) is 9.69 Å². The Bertz CT molecular complexity index is 1830. The highest BCUT2D eigenvalue weighted by Gasteiger charge is 2.44. The zero-order valence-electron chi connectivity index (χ0n) is 29.8. The summed E-state index contributed by atoms with van der Waals surface area (Å²) in [5, 5.41) is 9.77. The number of nitrogens with zero attached hydrogens (tertiary/aromatic N) is 5. The molecule has 3 aromatic rings. The average Bonchev–Trinajstić information content (AvgIpc) is 3.79. The maximum Gasteiger partial charge on any atom is 0.346 e. The summed E-state index contributed by atoms with van der Waals surface area (Å²) < 4.78 is 4.76. The van der Waals surface area contributed by atoms with E-state index in [-0.39, 0.29) is 11.3 Å². The molecule has 0 aromatic heterocycles. The number of ether oxygens (including phenoxy) is 1. The maximum atomic E-state index is 13.5. The van der Waals surface area contributed by atoms with Crippen molar-refractivity contribution in [3.8, 4) is 6.07 Å². The van der Waals surface area contributed by atoms with E-state index in [0.29, 0.717) is 33.7 Å². The number of esters is 2. The number of benzene rings is 3. The minimum Gasteiger partial charge on any atom is -0.386 e. The van der Waals surface area contributed by atoms with Crippen LogP contribution in [0, 0.1) is 22.7 Å². The van der Waals surface area contributed by atoms with E-state index in [1.165, 1.54) is 5.69 Å². The van der Waals surface area contributed by atoms with Crippen LogP contribution < -0.4 is 9.80 Å². The van der Waals surface area contributed by atoms with Crippen molar-refractivity contribution in [1.29, 1.82) is 5.26 Å². The largest absolute Gasteiger partial charge is 0.386 e. The molecule has 8 rings (SSSR count). The van der Waals surface area contributed by atoms with Gasteiger partial charge in [0.05, 0.1) is 21.7 Å². The van der Waals surface area contributed by atoms with Crippen LogP contribution in [0.15, 0.2) is 54.6 Å². The molecule has 0 radical (unpaired) electrons. The number of halogens is 1. The monoisotopic (exact) mass is 707 g/mol. The summed E-state index contributed by atoms with van der Waals surface area (Å²) >= 11 is 6.36. The number of carbonyl (C=O) groups excluding carboxylic acids is 3. The molecular formula is C41H46ClN5O4. The minimum absolute atomic E-state index is 0.102. The predicted molar refractivity (Wildman–Crippen MR) is 198 cm³/mol. The van der Waals surface area contributed by atoms with Crippen molar-refractivity contribution in [2.45, 2.75) is 72.0 Å². The average molecular weight is 708 g/mol. The number of cyclic esters (lactones) is 2. The maximum absolute atomic E-state index is 13.5. The molecule has 3 fully saturated rings. The topological polar surface area (TPSA) is 97.2 Å². The first-order valence-electron chi connectivity index (χ1n) is 18.4. The summed E-state index contributed by atoms with van der Waals surface area (Å²) in [6.07, 6.45) is 5.31. The molecule has 1 amide bonds. The number of rotatable bonds is 5. The van der Waals surface area contributed by atoms with Crippen molar-refractivity contribution in [1.82, 2.24) is 9.80 Å². The third-order valence-electron chi connectivity index (χ3n) is 11.6. The van der Waals surface area contributed by atoms with Crippen LogP contribution in [0.5, 0.6) is 0 Å². The Balaban J connectivity index is 0.00000200. The molecule has 0 N–H and O–H groups in total. The number of carbonyl (C=O) groups is 3. The van der Waals surface area contributed by atoms with Gasteiger partial charge in [0.25, 0.3) is 5.91 Å². The first-order valence-corrected chi connectivity index (χ1v) is 18.8. The third kappa shape index (κ3) is 6.84. The summed E-state index contributed by atoms with van der Waals surface area (Å²) in [4.78, 5) is 46.7. The van der Waals surface area contributed by atoms with Gasteiger partial charge in [-0.25, -0.2) is 9.59 Å². The highest BCUT2D eigenvalue weighted by atomic mass is 35.5. The summed E-state index contributed by atoms with van der Waals surface area (Å²) in [6.45, 7) is 13.2. The third-order valence-corrected chi connectivity index (χ3v) is 12.0. The molecule has 5 aliphatic heterocycles. The summed E-state index contributed by atoms with van der Waals surface area (Å²) in [6, 6.07) is 20.2. The summed E-state index contributed by atoms with van der Waals surface area (Å²) in [5.41, 5.74) is 6.75. The van der Waals surface area contributed by atoms with Gasteiger partial charge in [0, 0.05) is 75.3 Å². The lowest BCUT2D eigenvalue weighted by molar-refractivity contribution is 0.0443. The molecule has 9 nitrogen and oxygen atoms in total. The van der Waals surface area contributed by atoms with Gasteiger partial charge in [-0.2, -0.15) is 5.26 Å². The first-order chi connectivity index (χ1) is 24.7. The standard InChI is InChI=1S/C39H40ClN5O4.C2H6/c1-25-19-39(24-45(25)32-7-4-28(20-41)35(40)18-32)10-14-43(15-11-39)31-5-2-27(3-6-31)36(46)44-12-8-26(9-13-44)21-42-22-29-16-33-34(17-30(29)23-42)38(48)49-37(33)47;1-2/h2-7,16-18,25-26H,8-15,19,21-24H2,1H3;1-2H3/t25-;/m0./s1. The van der Waals surface area contributed by atoms with E-state index in [1.54, 1.807) is 0 Å². The second-order valence-corrected chi connectivity index (χ2v) is 15.1. The molecule has 0 unspecified atom stereocenters. The molecule has 1 spiro atoms. The zero-order valence-corrected chi connectivity index (χ0v) is 30.5. The lowest BCUT2D eigenvalue weighted by Crippen LogP contribution is -2.42. The molecule has 0 saturated carbocycles. The molecular weight excluding hydrogens is 662 g/mol. The van der Waals surface area contributed by atoms with Gasteiger partial charge in [-0.05, 0) is 116 Å². The van der Waals surface area contributed by atoms with Crippen LogP contribution in [0.4, 0.5) is 11.4 Å². The molecule has 266 valence electrons. The number of hydrogen-bond donors (Lipinski definition) is 0. The fourth-order valence-corrected chi connectivity index (χ4v) is 9.12. The smallest absolute Gasteiger partial charge is 0.346 e. The number of fused-ring (bicyclic) bond motifs is 2. The van der Waals surface area contributed by atoms with Crippen LogP contribution in [0.2, 0.25) is 5.02 Å². The lowest BCUT2D eigenvalue weighted by atomic mass is 9.76. The van der Waals surface area contributed by atoms with Gasteiger partial charge in [-0.15, -0.1) is 0 Å². The zero-order chi connectivity index (χ0) is 35.9. The van der Waals surface area contributed by atoms with Crippen molar-refractivity contribution in [2.75, 3.05) is 49.1 Å². The SMILES string of the molecule is CC.C[C@H]1CC2(CCN(c3ccc(C(=O)N4CCC(CN5Cc6cc7c(cc6C5)C(=O)OC7=O)CC4)cc3)CC2)CN1c1ccc(C#N)c(Cl)c1. The Kier molecular flexibility index (Phi) is 9.84. The Morgan fingerprint density at radius 3 is 2.10 bits per heavy atom. The highest BCUT2D eigenvalue weighted by molar-refractivity contribution is 6.32. The van der Waals surface area contributed by atoms with Gasteiger partial charge >= 0.3 is 11.9 Å². The van der Waals surface area contributed by atoms with Gasteiger partial charge in [0.15, 0.2) is 0 Å². The Morgan fingerprint density at radius 2 is 1.51 bits per heavy atom. The highest BCUT2D eigenvalue weighted by Crippen LogP contribution is 2.46. The Hall–Kier alpha value is -4.39. The Morgan fingerprint density at radius 1 is 0.902 bits per heavy atom. The van der Waals surface area contributed by atoms with E-state index in [0.717, 1.165) is 107 Å². The molecule has 3 saturated heterocycles. The Labute approximate surface area is 305 Å². The van der Waals surface area contributed by atoms with Crippen LogP contribution >= 0.6 is 11.6 Å². The molecule has 51 heavy (non-hydrogen) atoms. The fraction of sp³-hybridized carbons (Fsp3) is 0.463. The van der Waals surface area contributed by atoms with Gasteiger partial charge < -0.3 is 19.4 Å². The van der Waals surface area contributed by atoms with E-state index in [1.807, 2.05) is 61.2 Å². The van der Waals surface area contributed by atoms with Gasteiger partial charge in [-0.1, -0.05) is 25.4 Å². The number of nitriles is 1. The van der Waals surface area contributed by atoms with E-state index in [2.05, 4.69) is 39.8 Å². The van der Waals surface area contributed by atoms with Crippen LogP contribution in [0.3, 0.4) is 0 Å². The first kappa shape index (κ1) is 35.0. The quantitative estimate of drug-likeness (QED) is 0.201. The molecule has 10 heteroatoms. The second kappa shape index (κ2) is 14.3. The molecule has 5 heterocycles. The molecule has 3 aromatic carbocycles. The van der Waals surface area contributed by atoms with E-state index in [4.69, 9.17) is 16.3 Å². The van der Waals surface area contributed by atoms with Crippen LogP contribution in [-0.2, 0) is 17.8 Å². The minimum atomic E-state index is -0.549. The van der Waals surface area contributed by atoms with Crippen LogP contribution in [0.25, 0.3) is 0 Å². The molecule has 5 aliphatic rings. The lowest BCUT2D eigenvalue weighted by Gasteiger charge is -2.40. The summed E-state index contributed by atoms with van der Waals surface area (Å²) in [7, 11) is 0.